The summed E-state index contributed by atoms with van der Waals surface area (Å²) in [6.07, 6.45) is 5.73. The van der Waals surface area contributed by atoms with Crippen molar-refractivity contribution in [1.29, 1.82) is 0 Å². The van der Waals surface area contributed by atoms with Gasteiger partial charge >= 0.3 is 0 Å². The molecule has 0 amide bonds. The van der Waals surface area contributed by atoms with Crippen molar-refractivity contribution in [3.63, 3.8) is 0 Å². The van der Waals surface area contributed by atoms with E-state index in [4.69, 9.17) is 0 Å². The van der Waals surface area contributed by atoms with Crippen LogP contribution >= 0.6 is 0 Å². The van der Waals surface area contributed by atoms with Gasteiger partial charge in [0.15, 0.2) is 0 Å². The molecular weight excluding hydrogens is 214 g/mol. The van der Waals surface area contributed by atoms with Gasteiger partial charge in [-0.05, 0) is 19.8 Å². The topological polar surface area (TPSA) is 50.1 Å². The number of aromatic nitrogens is 2. The molecule has 4 nitrogen and oxygen atoms in total. The number of hydrogen-bond donors (Lipinski definition) is 2. The molecule has 1 aliphatic heterocycles. The molecule has 0 radical (unpaired) electrons. The van der Waals surface area contributed by atoms with Crippen LogP contribution in [0.2, 0.25) is 0 Å². The van der Waals surface area contributed by atoms with Gasteiger partial charge in [0.2, 0.25) is 0 Å². The first-order valence-electron chi connectivity index (χ1n) is 6.47. The summed E-state index contributed by atoms with van der Waals surface area (Å²) >= 11 is 0. The van der Waals surface area contributed by atoms with Crippen molar-refractivity contribution < 1.29 is 5.11 Å². The van der Waals surface area contributed by atoms with Crippen molar-refractivity contribution in [3.8, 4) is 0 Å². The van der Waals surface area contributed by atoms with Gasteiger partial charge in [-0.1, -0.05) is 13.8 Å². The lowest BCUT2D eigenvalue weighted by Crippen LogP contribution is -2.60. The van der Waals surface area contributed by atoms with Crippen molar-refractivity contribution in [3.05, 3.63) is 18.2 Å². The maximum atomic E-state index is 9.77. The highest BCUT2D eigenvalue weighted by molar-refractivity contribution is 5.11. The van der Waals surface area contributed by atoms with Gasteiger partial charge < -0.3 is 15.0 Å². The predicted molar refractivity (Wildman–Crippen MR) is 65.6 cm³/mol. The van der Waals surface area contributed by atoms with E-state index in [0.29, 0.717) is 18.1 Å². The summed E-state index contributed by atoms with van der Waals surface area (Å²) in [7, 11) is 0. The molecule has 3 rings (SSSR count). The number of rotatable bonds is 2. The molecule has 0 saturated heterocycles. The Bertz CT molecular complexity index is 426. The molecule has 4 heteroatoms. The van der Waals surface area contributed by atoms with Crippen molar-refractivity contribution in [2.75, 3.05) is 0 Å². The van der Waals surface area contributed by atoms with Crippen LogP contribution in [-0.2, 0) is 0 Å². The molecule has 2 N–H and O–H groups in total. The van der Waals surface area contributed by atoms with E-state index in [-0.39, 0.29) is 11.5 Å². The highest BCUT2D eigenvalue weighted by Crippen LogP contribution is 2.43. The third-order valence-corrected chi connectivity index (χ3v) is 4.68. The first-order chi connectivity index (χ1) is 8.00. The number of nitrogens with zero attached hydrogens (tertiary/aromatic N) is 2. The van der Waals surface area contributed by atoms with E-state index in [1.54, 1.807) is 0 Å². The number of fused-ring (bicyclic) bond motifs is 1. The molecular formula is C13H21N3O. The fourth-order valence-corrected chi connectivity index (χ4v) is 3.10. The maximum Gasteiger partial charge on any atom is 0.126 e. The van der Waals surface area contributed by atoms with Crippen LogP contribution in [0.15, 0.2) is 12.4 Å². The van der Waals surface area contributed by atoms with Gasteiger partial charge in [-0.2, -0.15) is 0 Å². The molecule has 17 heavy (non-hydrogen) atoms. The highest BCUT2D eigenvalue weighted by Gasteiger charge is 2.48. The third-order valence-electron chi connectivity index (χ3n) is 4.68. The Morgan fingerprint density at radius 3 is 2.88 bits per heavy atom. The van der Waals surface area contributed by atoms with E-state index in [2.05, 4.69) is 41.8 Å². The van der Waals surface area contributed by atoms with Crippen LogP contribution in [0, 0.1) is 5.41 Å². The summed E-state index contributed by atoms with van der Waals surface area (Å²) in [6, 6.07) is 1.27. The van der Waals surface area contributed by atoms with Gasteiger partial charge in [-0.25, -0.2) is 4.98 Å². The highest BCUT2D eigenvalue weighted by atomic mass is 16.3. The van der Waals surface area contributed by atoms with Crippen molar-refractivity contribution >= 4 is 0 Å². The SMILES string of the molecule is CC1CC(NC2CC(O)C2(C)C)c2nccn21. The summed E-state index contributed by atoms with van der Waals surface area (Å²) in [4.78, 5) is 4.44. The Balaban J connectivity index is 1.73. The summed E-state index contributed by atoms with van der Waals surface area (Å²) < 4.78 is 2.25. The standard InChI is InChI=1S/C13H21N3O/c1-8-6-9(12-14-4-5-16(8)12)15-10-7-11(17)13(10,2)3/h4-5,8-11,15,17H,6-7H2,1-3H3. The number of aliphatic hydroxyl groups excluding tert-OH is 1. The first kappa shape index (κ1) is 11.2. The number of hydrogen-bond acceptors (Lipinski definition) is 3. The summed E-state index contributed by atoms with van der Waals surface area (Å²) in [6.45, 7) is 6.49. The van der Waals surface area contributed by atoms with Crippen molar-refractivity contribution in [2.45, 2.75) is 57.8 Å². The lowest BCUT2D eigenvalue weighted by molar-refractivity contribution is -0.0762. The minimum Gasteiger partial charge on any atom is -0.392 e. The van der Waals surface area contributed by atoms with Crippen LogP contribution in [-0.4, -0.2) is 26.8 Å². The van der Waals surface area contributed by atoms with Gasteiger partial charge in [0.25, 0.3) is 0 Å². The van der Waals surface area contributed by atoms with Gasteiger partial charge in [-0.3, -0.25) is 0 Å². The second-order valence-corrected chi connectivity index (χ2v) is 6.12. The molecule has 1 aliphatic carbocycles. The van der Waals surface area contributed by atoms with Crippen LogP contribution in [0.5, 0.6) is 0 Å². The molecule has 1 fully saturated rings. The number of imidazole rings is 1. The summed E-state index contributed by atoms with van der Waals surface area (Å²) in [5.41, 5.74) is -0.0107. The maximum absolute atomic E-state index is 9.77. The van der Waals surface area contributed by atoms with Crippen LogP contribution in [0.3, 0.4) is 0 Å². The lowest BCUT2D eigenvalue weighted by atomic mass is 9.64. The van der Waals surface area contributed by atoms with Crippen molar-refractivity contribution in [1.82, 2.24) is 14.9 Å². The average molecular weight is 235 g/mol. The van der Waals surface area contributed by atoms with Crippen molar-refractivity contribution in [2.24, 2.45) is 5.41 Å². The smallest absolute Gasteiger partial charge is 0.126 e. The average Bonchev–Trinajstić information content (AvgIpc) is 2.84. The zero-order chi connectivity index (χ0) is 12.2. The van der Waals surface area contributed by atoms with Crippen LogP contribution in [0.25, 0.3) is 0 Å². The van der Waals surface area contributed by atoms with E-state index < -0.39 is 0 Å². The Hall–Kier alpha value is -0.870. The zero-order valence-corrected chi connectivity index (χ0v) is 10.7. The fraction of sp³-hybridized carbons (Fsp3) is 0.769. The van der Waals surface area contributed by atoms with Gasteiger partial charge in [-0.15, -0.1) is 0 Å². The Morgan fingerprint density at radius 1 is 1.47 bits per heavy atom. The van der Waals surface area contributed by atoms with Crippen LogP contribution < -0.4 is 5.32 Å². The number of aliphatic hydroxyl groups is 1. The monoisotopic (exact) mass is 235 g/mol. The quantitative estimate of drug-likeness (QED) is 0.819. The van der Waals surface area contributed by atoms with E-state index >= 15 is 0 Å². The molecule has 0 bridgehead atoms. The second-order valence-electron chi connectivity index (χ2n) is 6.12. The third kappa shape index (κ3) is 1.54. The summed E-state index contributed by atoms with van der Waals surface area (Å²) in [5.74, 6) is 1.15. The largest absolute Gasteiger partial charge is 0.392 e. The molecule has 4 atom stereocenters. The summed E-state index contributed by atoms with van der Waals surface area (Å²) in [5, 5.41) is 13.4. The normalized spacial score (nSPS) is 38.8. The van der Waals surface area contributed by atoms with E-state index in [9.17, 15) is 5.11 Å². The molecule has 1 aromatic heterocycles. The first-order valence-corrected chi connectivity index (χ1v) is 6.47. The van der Waals surface area contributed by atoms with Crippen LogP contribution in [0.4, 0.5) is 0 Å². The molecule has 0 spiro atoms. The fourth-order valence-electron chi connectivity index (χ4n) is 3.10. The number of nitrogens with one attached hydrogen (secondary N) is 1. The predicted octanol–water partition coefficient (Wildman–Crippen LogP) is 1.64. The van der Waals surface area contributed by atoms with Gasteiger partial charge in [0.05, 0.1) is 12.1 Å². The van der Waals surface area contributed by atoms with Gasteiger partial charge in [0.1, 0.15) is 5.82 Å². The molecule has 0 aromatic carbocycles. The van der Waals surface area contributed by atoms with E-state index in [1.165, 1.54) is 0 Å². The minimum atomic E-state index is -0.168. The Kier molecular flexibility index (Phi) is 2.35. The molecule has 4 unspecified atom stereocenters. The molecule has 1 saturated carbocycles. The Labute approximate surface area is 102 Å². The molecule has 94 valence electrons. The van der Waals surface area contributed by atoms with E-state index in [0.717, 1.165) is 18.7 Å². The van der Waals surface area contributed by atoms with E-state index in [1.807, 2.05) is 6.20 Å². The second kappa shape index (κ2) is 3.56. The molecule has 2 aliphatic rings. The minimum absolute atomic E-state index is 0.0107. The zero-order valence-electron chi connectivity index (χ0n) is 10.7. The lowest BCUT2D eigenvalue weighted by Gasteiger charge is -2.50. The molecule has 1 aromatic rings. The van der Waals surface area contributed by atoms with Gasteiger partial charge in [0, 0.05) is 29.9 Å². The Morgan fingerprint density at radius 2 is 2.24 bits per heavy atom. The van der Waals surface area contributed by atoms with Crippen LogP contribution in [0.1, 0.15) is 51.5 Å². The molecule has 2 heterocycles.